The lowest BCUT2D eigenvalue weighted by atomic mass is 10.0. The first-order chi connectivity index (χ1) is 21.3. The number of rotatable bonds is 14. The topological polar surface area (TPSA) is 186 Å². The molecule has 5 atom stereocenters. The number of esters is 4. The molecule has 1 rings (SSSR count). The molecule has 0 saturated carbocycles. The van der Waals surface area contributed by atoms with E-state index in [9.17, 15) is 55.5 Å². The van der Waals surface area contributed by atoms with Crippen LogP contribution in [0.25, 0.3) is 0 Å². The fraction of sp³-hybridized carbons (Fsp3) is 0.536. The van der Waals surface area contributed by atoms with E-state index in [0.717, 1.165) is 27.7 Å². The van der Waals surface area contributed by atoms with E-state index in [0.29, 0.717) is 19.0 Å². The number of ether oxygens (including phenoxy) is 5. The van der Waals surface area contributed by atoms with Gasteiger partial charge in [-0.05, 0) is 20.3 Å². The monoisotopic (exact) mass is 674 g/mol. The summed E-state index contributed by atoms with van der Waals surface area (Å²) in [6.07, 6.45) is -5.75. The summed E-state index contributed by atoms with van der Waals surface area (Å²) in [5.74, 6) is -13.8. The zero-order chi connectivity index (χ0) is 36.3. The van der Waals surface area contributed by atoms with Crippen molar-refractivity contribution in [3.8, 4) is 0 Å². The van der Waals surface area contributed by atoms with E-state index in [4.69, 9.17) is 28.8 Å². The van der Waals surface area contributed by atoms with Crippen LogP contribution in [-0.4, -0.2) is 91.1 Å². The normalized spacial score (nSPS) is 13.5. The summed E-state index contributed by atoms with van der Waals surface area (Å²) < 4.78 is 87.3. The SMILES string of the molecule is CC(=O)OC[C@@H](OC(C)=O)[C@@H](OC(C)=O)[C@H](OC(C)=O)[C@H](C=O)OC(C)C.CCC(O)C=O.O=Cc1c(F)c(F)c(F)c(F)c1F. The maximum absolute atomic E-state index is 12.5. The van der Waals surface area contributed by atoms with Crippen LogP contribution in [0.1, 0.15) is 65.2 Å². The molecule has 18 heteroatoms. The van der Waals surface area contributed by atoms with Crippen molar-refractivity contribution < 1.29 is 84.3 Å². The molecule has 1 aromatic rings. The smallest absolute Gasteiger partial charge is 0.303 e. The van der Waals surface area contributed by atoms with E-state index in [1.54, 1.807) is 20.8 Å². The third kappa shape index (κ3) is 16.1. The number of hydrogen-bond acceptors (Lipinski definition) is 13. The minimum absolute atomic E-state index is 0.376. The number of aliphatic hydroxyl groups is 1. The highest BCUT2D eigenvalue weighted by Gasteiger charge is 2.43. The predicted octanol–water partition coefficient (Wildman–Crippen LogP) is 2.49. The second kappa shape index (κ2) is 22.2. The molecule has 260 valence electrons. The van der Waals surface area contributed by atoms with Gasteiger partial charge in [-0.1, -0.05) is 6.92 Å². The highest BCUT2D eigenvalue weighted by Crippen LogP contribution is 2.22. The summed E-state index contributed by atoms with van der Waals surface area (Å²) in [5.41, 5.74) is -1.46. The van der Waals surface area contributed by atoms with Gasteiger partial charge in [0.2, 0.25) is 5.82 Å². The molecule has 0 aliphatic rings. The molecule has 0 fully saturated rings. The van der Waals surface area contributed by atoms with Crippen LogP contribution in [0.5, 0.6) is 0 Å². The molecular weight excluding hydrogens is 639 g/mol. The molecule has 0 saturated heterocycles. The number of benzene rings is 1. The quantitative estimate of drug-likeness (QED) is 0.0759. The van der Waals surface area contributed by atoms with Crippen LogP contribution in [0, 0.1) is 29.1 Å². The van der Waals surface area contributed by atoms with E-state index in [-0.39, 0.29) is 0 Å². The summed E-state index contributed by atoms with van der Waals surface area (Å²) >= 11 is 0. The number of aliphatic hydroxyl groups excluding tert-OH is 1. The van der Waals surface area contributed by atoms with Crippen molar-refractivity contribution in [1.29, 1.82) is 0 Å². The van der Waals surface area contributed by atoms with E-state index in [2.05, 4.69) is 0 Å². The summed E-state index contributed by atoms with van der Waals surface area (Å²) in [6.45, 7) is 8.93. The molecule has 1 aromatic carbocycles. The van der Waals surface area contributed by atoms with Gasteiger partial charge in [-0.25, -0.2) is 22.0 Å². The van der Waals surface area contributed by atoms with Crippen molar-refractivity contribution >= 4 is 42.7 Å². The van der Waals surface area contributed by atoms with Crippen molar-refractivity contribution in [2.24, 2.45) is 0 Å². The number of carbonyl (C=O) groups excluding carboxylic acids is 7. The van der Waals surface area contributed by atoms with Gasteiger partial charge in [0.25, 0.3) is 0 Å². The Morgan fingerprint density at radius 1 is 0.696 bits per heavy atom. The third-order valence-corrected chi connectivity index (χ3v) is 4.89. The molecule has 1 unspecified atom stereocenters. The van der Waals surface area contributed by atoms with Crippen molar-refractivity contribution in [3.63, 3.8) is 0 Å². The van der Waals surface area contributed by atoms with Crippen LogP contribution in [0.3, 0.4) is 0 Å². The minimum atomic E-state index is -2.28. The third-order valence-electron chi connectivity index (χ3n) is 4.89. The number of halogens is 5. The van der Waals surface area contributed by atoms with Crippen molar-refractivity contribution in [1.82, 2.24) is 0 Å². The van der Waals surface area contributed by atoms with Crippen molar-refractivity contribution in [2.45, 2.75) is 91.5 Å². The van der Waals surface area contributed by atoms with E-state index in [1.165, 1.54) is 0 Å². The van der Waals surface area contributed by atoms with E-state index >= 15 is 0 Å². The molecule has 0 aliphatic heterocycles. The molecule has 13 nitrogen and oxygen atoms in total. The zero-order valence-electron chi connectivity index (χ0n) is 25.8. The molecule has 0 spiro atoms. The first-order valence-corrected chi connectivity index (χ1v) is 13.1. The average molecular weight is 675 g/mol. The van der Waals surface area contributed by atoms with Gasteiger partial charge in [0.1, 0.15) is 19.0 Å². The summed E-state index contributed by atoms with van der Waals surface area (Å²) in [7, 11) is 0. The molecule has 0 aliphatic carbocycles. The first-order valence-electron chi connectivity index (χ1n) is 13.1. The molecule has 0 bridgehead atoms. The zero-order valence-corrected chi connectivity index (χ0v) is 25.8. The van der Waals surface area contributed by atoms with Crippen LogP contribution >= 0.6 is 0 Å². The lowest BCUT2D eigenvalue weighted by Crippen LogP contribution is -2.53. The fourth-order valence-electron chi connectivity index (χ4n) is 2.99. The molecule has 1 N–H and O–H groups in total. The van der Waals surface area contributed by atoms with Gasteiger partial charge in [0, 0.05) is 27.7 Å². The van der Waals surface area contributed by atoms with Gasteiger partial charge in [-0.15, -0.1) is 0 Å². The highest BCUT2D eigenvalue weighted by molar-refractivity contribution is 5.75. The maximum atomic E-state index is 12.5. The van der Waals surface area contributed by atoms with Crippen LogP contribution in [0.2, 0.25) is 0 Å². The Morgan fingerprint density at radius 3 is 1.43 bits per heavy atom. The van der Waals surface area contributed by atoms with E-state index < -0.39 is 108 Å². The molecule has 0 amide bonds. The van der Waals surface area contributed by atoms with Crippen LogP contribution in [0.15, 0.2) is 0 Å². The standard InChI is InChI=1S/C17H26O10.C7HF5O.C4H8O2/c1-9(2)24-14(7-18)16(26-12(5)21)17(27-13(6)22)15(25-11(4)20)8-23-10(3)19;8-3-2(1-13)4(9)6(11)7(12)5(3)10;1-2-4(6)3-5/h7,9,14-17H,8H2,1-6H3;1H;3-4,6H,2H2,1H3/t14-,15+,16+,17+;;/m0../s1. The number of hydrogen-bond donors (Lipinski definition) is 1. The van der Waals surface area contributed by atoms with Gasteiger partial charge in [0.05, 0.1) is 11.7 Å². The molecule has 0 radical (unpaired) electrons. The summed E-state index contributed by atoms with van der Waals surface area (Å²) in [5, 5.41) is 8.30. The molecule has 0 heterocycles. The molecular formula is C28H35F5O13. The van der Waals surface area contributed by atoms with Crippen molar-refractivity contribution in [3.05, 3.63) is 34.6 Å². The molecule has 46 heavy (non-hydrogen) atoms. The Morgan fingerprint density at radius 2 is 1.13 bits per heavy atom. The minimum Gasteiger partial charge on any atom is -0.462 e. The van der Waals surface area contributed by atoms with Gasteiger partial charge >= 0.3 is 23.9 Å². The number of aldehydes is 3. The highest BCUT2D eigenvalue weighted by atomic mass is 19.2. The van der Waals surface area contributed by atoms with Gasteiger partial charge < -0.3 is 38.4 Å². The average Bonchev–Trinajstić information content (AvgIpc) is 2.97. The fourth-order valence-corrected chi connectivity index (χ4v) is 2.99. The Bertz CT molecular complexity index is 1180. The second-order valence-electron chi connectivity index (χ2n) is 9.10. The van der Waals surface area contributed by atoms with Crippen LogP contribution in [0.4, 0.5) is 22.0 Å². The maximum Gasteiger partial charge on any atom is 0.303 e. The Balaban J connectivity index is 0. The van der Waals surface area contributed by atoms with Crippen molar-refractivity contribution in [2.75, 3.05) is 6.61 Å². The largest absolute Gasteiger partial charge is 0.462 e. The van der Waals surface area contributed by atoms with Gasteiger partial charge in [0.15, 0.2) is 60.3 Å². The Hall–Kier alpha value is -4.32. The Labute approximate surface area is 260 Å². The summed E-state index contributed by atoms with van der Waals surface area (Å²) in [4.78, 5) is 76.6. The van der Waals surface area contributed by atoms with Crippen LogP contribution < -0.4 is 0 Å². The second-order valence-corrected chi connectivity index (χ2v) is 9.10. The van der Waals surface area contributed by atoms with Gasteiger partial charge in [-0.2, -0.15) is 0 Å². The Kier molecular flexibility index (Phi) is 21.2. The van der Waals surface area contributed by atoms with E-state index in [1.807, 2.05) is 0 Å². The van der Waals surface area contributed by atoms with Crippen LogP contribution in [-0.2, 0) is 52.5 Å². The molecule has 0 aromatic heterocycles. The van der Waals surface area contributed by atoms with Gasteiger partial charge in [-0.3, -0.25) is 24.0 Å². The lowest BCUT2D eigenvalue weighted by Gasteiger charge is -2.34. The number of carbonyl (C=O) groups is 7. The first kappa shape index (κ1) is 43.8. The lowest BCUT2D eigenvalue weighted by molar-refractivity contribution is -0.202. The predicted molar refractivity (Wildman–Crippen MR) is 143 cm³/mol. The summed E-state index contributed by atoms with van der Waals surface area (Å²) in [6, 6.07) is 0.